The minimum Gasteiger partial charge on any atom is -0.492 e. The van der Waals surface area contributed by atoms with E-state index in [1.54, 1.807) is 13.0 Å². The topological polar surface area (TPSA) is 77.8 Å². The largest absolute Gasteiger partial charge is 0.492 e. The summed E-state index contributed by atoms with van der Waals surface area (Å²) < 4.78 is 13.1. The lowest BCUT2D eigenvalue weighted by Crippen LogP contribution is -2.35. The van der Waals surface area contributed by atoms with Crippen molar-refractivity contribution in [2.75, 3.05) is 13.2 Å². The molecule has 0 unspecified atom stereocenters. The van der Waals surface area contributed by atoms with Gasteiger partial charge in [0, 0.05) is 22.7 Å². The molecule has 1 saturated heterocycles. The first kappa shape index (κ1) is 23.6. The van der Waals surface area contributed by atoms with Gasteiger partial charge in [0.15, 0.2) is 0 Å². The van der Waals surface area contributed by atoms with Crippen LogP contribution in [-0.4, -0.2) is 45.8 Å². The molecule has 0 saturated carbocycles. The van der Waals surface area contributed by atoms with Gasteiger partial charge in [-0.15, -0.1) is 0 Å². The molecule has 0 N–H and O–H groups in total. The lowest BCUT2D eigenvalue weighted by atomic mass is 10.1. The minimum absolute atomic E-state index is 0.264. The summed E-state index contributed by atoms with van der Waals surface area (Å²) >= 11 is 0.833. The third-order valence-electron chi connectivity index (χ3n) is 5.52. The van der Waals surface area contributed by atoms with Crippen molar-refractivity contribution in [1.29, 1.82) is 0 Å². The van der Waals surface area contributed by atoms with Gasteiger partial charge in [-0.25, -0.2) is 0 Å². The van der Waals surface area contributed by atoms with E-state index in [0.717, 1.165) is 38.9 Å². The van der Waals surface area contributed by atoms with Crippen LogP contribution in [0.1, 0.15) is 25.8 Å². The Morgan fingerprint density at radius 3 is 2.59 bits per heavy atom. The molecule has 0 spiro atoms. The Morgan fingerprint density at radius 1 is 1.09 bits per heavy atom. The number of para-hydroxylation sites is 2. The van der Waals surface area contributed by atoms with Crippen LogP contribution in [0.15, 0.2) is 65.7 Å². The number of nitrogens with zero attached hydrogens (tertiary/aromatic N) is 2. The van der Waals surface area contributed by atoms with E-state index in [-0.39, 0.29) is 17.6 Å². The number of amides is 2. The summed E-state index contributed by atoms with van der Waals surface area (Å²) in [5.41, 5.74) is 1.82. The second-order valence-electron chi connectivity index (χ2n) is 7.93. The highest BCUT2D eigenvalue weighted by molar-refractivity contribution is 8.18. The summed E-state index contributed by atoms with van der Waals surface area (Å²) in [6.07, 6.45) is 4.06. The van der Waals surface area contributed by atoms with Crippen LogP contribution in [0, 0.1) is 0 Å². The molecule has 0 radical (unpaired) electrons. The van der Waals surface area contributed by atoms with Crippen molar-refractivity contribution in [1.82, 2.24) is 9.47 Å². The van der Waals surface area contributed by atoms with Crippen molar-refractivity contribution in [3.05, 3.63) is 71.3 Å². The second-order valence-corrected chi connectivity index (χ2v) is 8.93. The van der Waals surface area contributed by atoms with Crippen LogP contribution < -0.4 is 4.74 Å². The summed E-state index contributed by atoms with van der Waals surface area (Å²) in [7, 11) is 0. The molecule has 0 bridgehead atoms. The van der Waals surface area contributed by atoms with Crippen LogP contribution in [0.3, 0.4) is 0 Å². The van der Waals surface area contributed by atoms with Gasteiger partial charge in [-0.3, -0.25) is 19.3 Å². The van der Waals surface area contributed by atoms with E-state index >= 15 is 0 Å². The molecule has 1 aliphatic rings. The first-order valence-electron chi connectivity index (χ1n) is 11.2. The van der Waals surface area contributed by atoms with E-state index in [9.17, 15) is 14.4 Å². The van der Waals surface area contributed by atoms with Crippen LogP contribution in [0.5, 0.6) is 5.75 Å². The molecule has 2 aromatic carbocycles. The number of fused-ring (bicyclic) bond motifs is 1. The average Bonchev–Trinajstić information content (AvgIpc) is 3.32. The zero-order chi connectivity index (χ0) is 24.1. The molecular formula is C26H26N2O5S. The van der Waals surface area contributed by atoms with E-state index in [4.69, 9.17) is 9.47 Å². The lowest BCUT2D eigenvalue weighted by molar-refractivity contribution is -0.150. The smallest absolute Gasteiger partial charge is 0.326 e. The number of imide groups is 1. The maximum absolute atomic E-state index is 12.9. The Morgan fingerprint density at radius 2 is 1.82 bits per heavy atom. The van der Waals surface area contributed by atoms with Crippen molar-refractivity contribution in [3.63, 3.8) is 0 Å². The zero-order valence-corrected chi connectivity index (χ0v) is 19.9. The lowest BCUT2D eigenvalue weighted by Gasteiger charge is -2.14. The molecule has 1 atom stereocenters. The third kappa shape index (κ3) is 5.34. The number of thioether (sulfide) groups is 1. The van der Waals surface area contributed by atoms with Crippen molar-refractivity contribution in [2.24, 2.45) is 0 Å². The number of hydrogen-bond acceptors (Lipinski definition) is 6. The number of ether oxygens (including phenoxy) is 2. The summed E-state index contributed by atoms with van der Waals surface area (Å²) in [6, 6.07) is 17.5. The zero-order valence-electron chi connectivity index (χ0n) is 19.1. The molecular weight excluding hydrogens is 452 g/mol. The van der Waals surface area contributed by atoms with Gasteiger partial charge >= 0.3 is 5.97 Å². The maximum atomic E-state index is 12.9. The molecule has 7 nitrogen and oxygen atoms in total. The van der Waals surface area contributed by atoms with Gasteiger partial charge in [-0.05, 0) is 49.4 Å². The van der Waals surface area contributed by atoms with Crippen molar-refractivity contribution >= 4 is 45.9 Å². The number of hydrogen-bond donors (Lipinski definition) is 0. The molecule has 1 fully saturated rings. The first-order valence-corrected chi connectivity index (χ1v) is 12.0. The first-order chi connectivity index (χ1) is 16.5. The average molecular weight is 479 g/mol. The van der Waals surface area contributed by atoms with Crippen LogP contribution in [0.4, 0.5) is 4.79 Å². The Hall–Kier alpha value is -3.52. The Bertz CT molecular complexity index is 1230. The molecule has 34 heavy (non-hydrogen) atoms. The predicted octanol–water partition coefficient (Wildman–Crippen LogP) is 5.10. The number of rotatable bonds is 9. The molecule has 3 aromatic rings. The summed E-state index contributed by atoms with van der Waals surface area (Å²) in [4.78, 5) is 38.6. The van der Waals surface area contributed by atoms with Gasteiger partial charge in [0.25, 0.3) is 11.1 Å². The normalized spacial score (nSPS) is 15.8. The summed E-state index contributed by atoms with van der Waals surface area (Å²) in [5, 5.41) is 0.488. The number of esters is 1. The third-order valence-corrected chi connectivity index (χ3v) is 6.43. The Labute approximate surface area is 202 Å². The highest BCUT2D eigenvalue weighted by atomic mass is 32.2. The van der Waals surface area contributed by atoms with Gasteiger partial charge in [-0.1, -0.05) is 43.3 Å². The fourth-order valence-corrected chi connectivity index (χ4v) is 4.43. The molecule has 2 amide bonds. The molecule has 4 rings (SSSR count). The van der Waals surface area contributed by atoms with Gasteiger partial charge in [-0.2, -0.15) is 0 Å². The van der Waals surface area contributed by atoms with E-state index in [1.807, 2.05) is 67.7 Å². The fraction of sp³-hybridized carbons (Fsp3) is 0.269. The number of carbonyl (C=O) groups is 3. The van der Waals surface area contributed by atoms with Gasteiger partial charge in [0.05, 0.1) is 17.6 Å². The standard InChI is InChI=1S/C26H26N2O5S/c1-3-18(2)33-24(29)17-28-25(30)23(34-26(28)31)15-19-16-27(22-12-8-7-11-21(19)22)13-14-32-20-9-5-4-6-10-20/h4-12,15-16,18H,3,13-14,17H2,1-2H3/b23-15-/t18-/m0/s1. The molecule has 8 heteroatoms. The van der Waals surface area contributed by atoms with Gasteiger partial charge in [0.1, 0.15) is 18.9 Å². The molecule has 2 heterocycles. The number of aromatic nitrogens is 1. The van der Waals surface area contributed by atoms with E-state index in [2.05, 4.69) is 4.57 Å². The van der Waals surface area contributed by atoms with E-state index in [0.29, 0.717) is 19.6 Å². The Balaban J connectivity index is 1.51. The number of benzene rings is 2. The van der Waals surface area contributed by atoms with Crippen molar-refractivity contribution in [3.8, 4) is 5.75 Å². The van der Waals surface area contributed by atoms with Gasteiger partial charge < -0.3 is 14.0 Å². The van der Waals surface area contributed by atoms with Crippen LogP contribution in [0.2, 0.25) is 0 Å². The van der Waals surface area contributed by atoms with Gasteiger partial charge in [0.2, 0.25) is 0 Å². The quantitative estimate of drug-likeness (QED) is 0.315. The molecule has 1 aromatic heterocycles. The highest BCUT2D eigenvalue weighted by Gasteiger charge is 2.37. The predicted molar refractivity (Wildman–Crippen MR) is 132 cm³/mol. The second kappa shape index (κ2) is 10.6. The summed E-state index contributed by atoms with van der Waals surface area (Å²) in [5.74, 6) is -0.270. The SMILES string of the molecule is CC[C@H](C)OC(=O)CN1C(=O)S/C(=C\c2cn(CCOc3ccccc3)c3ccccc23)C1=O. The van der Waals surface area contributed by atoms with E-state index < -0.39 is 17.1 Å². The van der Waals surface area contributed by atoms with Crippen molar-refractivity contribution < 1.29 is 23.9 Å². The monoisotopic (exact) mass is 478 g/mol. The summed E-state index contributed by atoms with van der Waals surface area (Å²) in [6.45, 7) is 4.38. The minimum atomic E-state index is -0.590. The molecule has 0 aliphatic carbocycles. The molecule has 1 aliphatic heterocycles. The van der Waals surface area contributed by atoms with Crippen molar-refractivity contribution in [2.45, 2.75) is 32.9 Å². The van der Waals surface area contributed by atoms with Crippen LogP contribution in [-0.2, 0) is 20.9 Å². The highest BCUT2D eigenvalue weighted by Crippen LogP contribution is 2.34. The molecule has 176 valence electrons. The van der Waals surface area contributed by atoms with E-state index in [1.165, 1.54) is 0 Å². The Kier molecular flexibility index (Phi) is 7.37. The fourth-order valence-electron chi connectivity index (χ4n) is 3.61. The van der Waals surface area contributed by atoms with Crippen LogP contribution in [0.25, 0.3) is 17.0 Å². The number of carbonyl (C=O) groups excluding carboxylic acids is 3. The maximum Gasteiger partial charge on any atom is 0.326 e. The van der Waals surface area contributed by atoms with Crippen LogP contribution >= 0.6 is 11.8 Å².